The van der Waals surface area contributed by atoms with Crippen LogP contribution in [0.3, 0.4) is 0 Å². The van der Waals surface area contributed by atoms with Crippen molar-refractivity contribution in [2.75, 3.05) is 5.32 Å². The molecule has 2 aliphatic heterocycles. The molecule has 1 aromatic carbocycles. The van der Waals surface area contributed by atoms with Crippen LogP contribution in [-0.4, -0.2) is 10.9 Å². The number of hydrogen-bond acceptors (Lipinski definition) is 3. The zero-order valence-electron chi connectivity index (χ0n) is 13.2. The molecule has 2 aliphatic rings. The Hall–Kier alpha value is -2.11. The molecule has 0 radical (unpaired) electrons. The van der Waals surface area contributed by atoms with Crippen LogP contribution in [0.2, 0.25) is 10.2 Å². The maximum atomic E-state index is 13.7. The Morgan fingerprint density at radius 3 is 2.88 bits per heavy atom. The van der Waals surface area contributed by atoms with Crippen LogP contribution < -0.4 is 5.32 Å². The van der Waals surface area contributed by atoms with Gasteiger partial charge < -0.3 is 10.1 Å². The topological polar surface area (TPSA) is 51.2 Å². The van der Waals surface area contributed by atoms with Gasteiger partial charge in [0.2, 0.25) is 0 Å². The molecule has 1 atom stereocenters. The second-order valence-corrected chi connectivity index (χ2v) is 6.67. The van der Waals surface area contributed by atoms with Gasteiger partial charge in [-0.1, -0.05) is 36.5 Å². The monoisotopic (exact) mass is 378 g/mol. The third kappa shape index (κ3) is 2.50. The molecule has 128 valence electrons. The maximum absolute atomic E-state index is 13.7. The number of nitrogens with one attached hydrogen (secondary N) is 1. The first kappa shape index (κ1) is 16.4. The number of pyridine rings is 1. The molecule has 0 bridgehead atoms. The van der Waals surface area contributed by atoms with Crippen LogP contribution in [0, 0.1) is 5.82 Å². The van der Waals surface area contributed by atoms with E-state index in [-0.39, 0.29) is 22.7 Å². The van der Waals surface area contributed by atoms with Crippen molar-refractivity contribution in [3.05, 3.63) is 57.1 Å². The van der Waals surface area contributed by atoms with Crippen molar-refractivity contribution >= 4 is 46.1 Å². The fraction of sp³-hybridized carbons (Fsp3) is 0.222. The minimum atomic E-state index is -0.427. The quantitative estimate of drug-likeness (QED) is 0.575. The first-order chi connectivity index (χ1) is 12.0. The van der Waals surface area contributed by atoms with Gasteiger partial charge in [0, 0.05) is 28.6 Å². The summed E-state index contributed by atoms with van der Waals surface area (Å²) in [6, 6.07) is 4.15. The minimum absolute atomic E-state index is 0.193. The van der Waals surface area contributed by atoms with E-state index in [1.165, 1.54) is 18.2 Å². The summed E-state index contributed by atoms with van der Waals surface area (Å²) in [5.74, 6) is -0.407. The van der Waals surface area contributed by atoms with Gasteiger partial charge in [-0.25, -0.2) is 9.37 Å². The predicted octanol–water partition coefficient (Wildman–Crippen LogP) is 5.22. The lowest BCUT2D eigenvalue weighted by molar-refractivity contribution is -0.110. The Bertz CT molecular complexity index is 943. The third-order valence-electron chi connectivity index (χ3n) is 4.35. The maximum Gasteiger partial charge on any atom is 0.260 e. The van der Waals surface area contributed by atoms with Crippen molar-refractivity contribution in [1.29, 1.82) is 0 Å². The number of halogens is 3. The van der Waals surface area contributed by atoms with Crippen LogP contribution in [0.25, 0.3) is 11.3 Å². The summed E-state index contributed by atoms with van der Waals surface area (Å²) >= 11 is 12.4. The zero-order chi connectivity index (χ0) is 17.7. The van der Waals surface area contributed by atoms with Gasteiger partial charge in [0.05, 0.1) is 10.6 Å². The second kappa shape index (κ2) is 6.00. The van der Waals surface area contributed by atoms with Crippen LogP contribution in [0.1, 0.15) is 42.6 Å². The molecule has 1 amide bonds. The molecule has 7 heteroatoms. The van der Waals surface area contributed by atoms with E-state index in [0.29, 0.717) is 34.0 Å². The molecule has 1 unspecified atom stereocenters. The Morgan fingerprint density at radius 1 is 1.32 bits per heavy atom. The molecule has 1 N–H and O–H groups in total. The number of carbonyl (C=O) groups excluding carboxylic acids is 1. The summed E-state index contributed by atoms with van der Waals surface area (Å²) in [7, 11) is 0. The Labute approximate surface area is 153 Å². The fourth-order valence-electron chi connectivity index (χ4n) is 3.26. The molecule has 0 aliphatic carbocycles. The van der Waals surface area contributed by atoms with E-state index in [9.17, 15) is 9.18 Å². The van der Waals surface area contributed by atoms with E-state index in [2.05, 4.69) is 10.3 Å². The number of anilines is 1. The highest BCUT2D eigenvalue weighted by molar-refractivity contribution is 6.42. The summed E-state index contributed by atoms with van der Waals surface area (Å²) in [5.41, 5.74) is 2.65. The number of amides is 1. The molecule has 2 aromatic rings. The molecule has 4 nitrogen and oxygen atoms in total. The van der Waals surface area contributed by atoms with Gasteiger partial charge in [0.15, 0.2) is 0 Å². The van der Waals surface area contributed by atoms with E-state index in [4.69, 9.17) is 27.9 Å². The number of carbonyl (C=O) groups is 1. The summed E-state index contributed by atoms with van der Waals surface area (Å²) in [6.45, 7) is 2.03. The first-order valence-electron chi connectivity index (χ1n) is 7.87. The van der Waals surface area contributed by atoms with Gasteiger partial charge in [-0.3, -0.25) is 4.79 Å². The Balaban J connectivity index is 1.97. The van der Waals surface area contributed by atoms with Gasteiger partial charge in [-0.05, 0) is 24.6 Å². The van der Waals surface area contributed by atoms with Gasteiger partial charge in [-0.2, -0.15) is 0 Å². The minimum Gasteiger partial charge on any atom is -0.484 e. The highest BCUT2D eigenvalue weighted by Crippen LogP contribution is 2.49. The highest BCUT2D eigenvalue weighted by atomic mass is 35.5. The van der Waals surface area contributed by atoms with E-state index >= 15 is 0 Å². The number of rotatable bonds is 2. The fourth-order valence-corrected chi connectivity index (χ4v) is 3.68. The molecule has 25 heavy (non-hydrogen) atoms. The van der Waals surface area contributed by atoms with Crippen molar-refractivity contribution in [1.82, 2.24) is 4.98 Å². The predicted molar refractivity (Wildman–Crippen MR) is 94.8 cm³/mol. The average molecular weight is 379 g/mol. The second-order valence-electron chi connectivity index (χ2n) is 5.93. The van der Waals surface area contributed by atoms with E-state index in [0.717, 1.165) is 12.0 Å². The number of hydrogen-bond donors (Lipinski definition) is 1. The SMILES string of the molecule is CCCC1O/C(=C2/C(=O)Nc3ccc(F)cc32)c2cnc(Cl)c(Cl)c21. The van der Waals surface area contributed by atoms with Crippen LogP contribution in [-0.2, 0) is 9.53 Å². The zero-order valence-corrected chi connectivity index (χ0v) is 14.7. The van der Waals surface area contributed by atoms with Crippen molar-refractivity contribution in [3.8, 4) is 0 Å². The van der Waals surface area contributed by atoms with Gasteiger partial charge in [0.1, 0.15) is 22.8 Å². The normalized spacial score (nSPS) is 21.0. The number of aromatic nitrogens is 1. The van der Waals surface area contributed by atoms with Crippen LogP contribution >= 0.6 is 23.2 Å². The van der Waals surface area contributed by atoms with E-state index < -0.39 is 5.82 Å². The molecule has 0 spiro atoms. The molecular formula is C18H13Cl2FN2O2. The van der Waals surface area contributed by atoms with Crippen LogP contribution in [0.5, 0.6) is 0 Å². The summed E-state index contributed by atoms with van der Waals surface area (Å²) < 4.78 is 19.8. The van der Waals surface area contributed by atoms with Crippen LogP contribution in [0.15, 0.2) is 24.4 Å². The first-order valence-corrected chi connectivity index (χ1v) is 8.63. The number of nitrogens with zero attached hydrogens (tertiary/aromatic N) is 1. The summed E-state index contributed by atoms with van der Waals surface area (Å²) in [6.07, 6.45) is 2.80. The van der Waals surface area contributed by atoms with E-state index in [1.807, 2.05) is 6.92 Å². The molecule has 4 rings (SSSR count). The highest BCUT2D eigenvalue weighted by Gasteiger charge is 2.38. The van der Waals surface area contributed by atoms with Crippen molar-refractivity contribution in [2.45, 2.75) is 25.9 Å². The molecule has 3 heterocycles. The van der Waals surface area contributed by atoms with Gasteiger partial charge >= 0.3 is 0 Å². The molecular weight excluding hydrogens is 366 g/mol. The molecule has 1 aromatic heterocycles. The van der Waals surface area contributed by atoms with Gasteiger partial charge in [-0.15, -0.1) is 0 Å². The third-order valence-corrected chi connectivity index (χ3v) is 5.11. The largest absolute Gasteiger partial charge is 0.484 e. The number of benzene rings is 1. The molecule has 0 saturated carbocycles. The van der Waals surface area contributed by atoms with Crippen molar-refractivity contribution < 1.29 is 13.9 Å². The summed E-state index contributed by atoms with van der Waals surface area (Å²) in [5, 5.41) is 3.25. The lowest BCUT2D eigenvalue weighted by atomic mass is 9.99. The summed E-state index contributed by atoms with van der Waals surface area (Å²) in [4.78, 5) is 16.6. The smallest absolute Gasteiger partial charge is 0.260 e. The standard InChI is InChI=1S/C18H13Cl2FN2O2/c1-2-3-12-13-10(7-22-17(20)15(13)19)16(25-12)14-9-6-8(21)4-5-11(9)23-18(14)24/h4-7,12H,2-3H2,1H3,(H,23,24)/b16-14+. The lowest BCUT2D eigenvalue weighted by Crippen LogP contribution is -2.06. The number of ether oxygens (including phenoxy) is 1. The van der Waals surface area contributed by atoms with E-state index in [1.54, 1.807) is 6.20 Å². The lowest BCUT2D eigenvalue weighted by Gasteiger charge is -2.12. The number of fused-ring (bicyclic) bond motifs is 2. The molecule has 0 fully saturated rings. The van der Waals surface area contributed by atoms with Gasteiger partial charge in [0.25, 0.3) is 5.91 Å². The Kier molecular flexibility index (Phi) is 3.93. The molecule has 0 saturated heterocycles. The van der Waals surface area contributed by atoms with Crippen molar-refractivity contribution in [2.24, 2.45) is 0 Å². The van der Waals surface area contributed by atoms with Crippen LogP contribution in [0.4, 0.5) is 10.1 Å². The Morgan fingerprint density at radius 2 is 2.12 bits per heavy atom. The average Bonchev–Trinajstić information content (AvgIpc) is 3.08. The van der Waals surface area contributed by atoms with Crippen molar-refractivity contribution in [3.63, 3.8) is 0 Å².